The van der Waals surface area contributed by atoms with Gasteiger partial charge in [0.2, 0.25) is 11.8 Å². The van der Waals surface area contributed by atoms with Crippen molar-refractivity contribution < 1.29 is 19.5 Å². The van der Waals surface area contributed by atoms with E-state index in [0.717, 1.165) is 6.42 Å². The molecule has 102 valence electrons. The Kier molecular flexibility index (Phi) is 4.90. The molecule has 0 unspecified atom stereocenters. The third-order valence-corrected chi connectivity index (χ3v) is 3.02. The number of ether oxygens (including phenoxy) is 1. The van der Waals surface area contributed by atoms with Crippen LogP contribution in [0.5, 0.6) is 0 Å². The lowest BCUT2D eigenvalue weighted by Crippen LogP contribution is -2.54. The van der Waals surface area contributed by atoms with E-state index in [4.69, 9.17) is 21.4 Å². The normalized spacial score (nSPS) is 17.9. The molecule has 0 aromatic rings. The number of hydrogen-bond donors (Lipinski definition) is 4. The largest absolute Gasteiger partial charge is 0.409 e. The molecule has 0 saturated heterocycles. The quantitative estimate of drug-likeness (QED) is 0.145. The van der Waals surface area contributed by atoms with Crippen LogP contribution in [0.1, 0.15) is 19.3 Å². The highest BCUT2D eigenvalue weighted by atomic mass is 16.5. The summed E-state index contributed by atoms with van der Waals surface area (Å²) in [6.45, 7) is 0.245. The summed E-state index contributed by atoms with van der Waals surface area (Å²) >= 11 is 0. The van der Waals surface area contributed by atoms with Gasteiger partial charge in [-0.25, -0.2) is 0 Å². The number of amidine groups is 1. The second-order valence-electron chi connectivity index (χ2n) is 4.20. The minimum absolute atomic E-state index is 0.0655. The van der Waals surface area contributed by atoms with Crippen molar-refractivity contribution in [2.24, 2.45) is 22.0 Å². The fourth-order valence-electron chi connectivity index (χ4n) is 1.80. The minimum atomic E-state index is -0.890. The highest BCUT2D eigenvalue weighted by Crippen LogP contribution is 2.41. The van der Waals surface area contributed by atoms with Gasteiger partial charge in [0, 0.05) is 6.54 Å². The van der Waals surface area contributed by atoms with Crippen LogP contribution >= 0.6 is 0 Å². The minimum Gasteiger partial charge on any atom is -0.409 e. The van der Waals surface area contributed by atoms with E-state index in [1.165, 1.54) is 0 Å². The first-order valence-corrected chi connectivity index (χ1v) is 5.65. The lowest BCUT2D eigenvalue weighted by molar-refractivity contribution is -0.131. The Morgan fingerprint density at radius 3 is 2.50 bits per heavy atom. The zero-order chi connectivity index (χ0) is 13.6. The summed E-state index contributed by atoms with van der Waals surface area (Å²) in [6.07, 6.45) is 2.00. The summed E-state index contributed by atoms with van der Waals surface area (Å²) in [7, 11) is 0. The zero-order valence-electron chi connectivity index (χ0n) is 10.0. The zero-order valence-corrected chi connectivity index (χ0v) is 10.0. The molecular formula is C10H18N4O4. The Hall–Kier alpha value is -1.83. The first-order chi connectivity index (χ1) is 8.53. The standard InChI is InChI=1S/C10H18N4O4/c11-7(15)6-18-5-4-13-9(16)10(2-1-3-10)8(12)14-17/h17H,1-6H2,(H2,11,15)(H2,12,14)(H,13,16). The molecule has 1 aliphatic rings. The van der Waals surface area contributed by atoms with Gasteiger partial charge >= 0.3 is 0 Å². The maximum absolute atomic E-state index is 11.9. The summed E-state index contributed by atoms with van der Waals surface area (Å²) in [5.41, 5.74) is 9.52. The SMILES string of the molecule is NC(=O)COCCNC(=O)C1(C(N)=NO)CCC1. The molecule has 0 bridgehead atoms. The van der Waals surface area contributed by atoms with E-state index < -0.39 is 11.3 Å². The second-order valence-corrected chi connectivity index (χ2v) is 4.20. The smallest absolute Gasteiger partial charge is 0.243 e. The predicted molar refractivity (Wildman–Crippen MR) is 62.7 cm³/mol. The molecule has 1 fully saturated rings. The Bertz CT molecular complexity index is 352. The van der Waals surface area contributed by atoms with Gasteiger partial charge < -0.3 is 26.7 Å². The Morgan fingerprint density at radius 1 is 1.39 bits per heavy atom. The van der Waals surface area contributed by atoms with Crippen LogP contribution < -0.4 is 16.8 Å². The number of rotatable bonds is 7. The van der Waals surface area contributed by atoms with Crippen LogP contribution in [0.4, 0.5) is 0 Å². The van der Waals surface area contributed by atoms with Crippen LogP contribution in [0.3, 0.4) is 0 Å². The van der Waals surface area contributed by atoms with Gasteiger partial charge in [0.25, 0.3) is 0 Å². The van der Waals surface area contributed by atoms with Crippen molar-refractivity contribution in [3.05, 3.63) is 0 Å². The number of primary amides is 1. The molecule has 0 spiro atoms. The van der Waals surface area contributed by atoms with Crippen LogP contribution in [-0.4, -0.2) is 42.6 Å². The van der Waals surface area contributed by atoms with Crippen LogP contribution in [-0.2, 0) is 14.3 Å². The highest BCUT2D eigenvalue weighted by Gasteiger charge is 2.48. The third kappa shape index (κ3) is 3.10. The van der Waals surface area contributed by atoms with E-state index in [1.54, 1.807) is 0 Å². The van der Waals surface area contributed by atoms with Crippen molar-refractivity contribution >= 4 is 17.6 Å². The van der Waals surface area contributed by atoms with Crippen molar-refractivity contribution in [3.8, 4) is 0 Å². The van der Waals surface area contributed by atoms with Crippen molar-refractivity contribution in [2.75, 3.05) is 19.8 Å². The van der Waals surface area contributed by atoms with Crippen LogP contribution in [0.2, 0.25) is 0 Å². The Labute approximate surface area is 104 Å². The molecule has 2 amide bonds. The number of nitrogens with one attached hydrogen (secondary N) is 1. The van der Waals surface area contributed by atoms with Gasteiger partial charge in [-0.3, -0.25) is 9.59 Å². The number of carbonyl (C=O) groups excluding carboxylic acids is 2. The molecule has 0 aromatic carbocycles. The van der Waals surface area contributed by atoms with Crippen molar-refractivity contribution in [2.45, 2.75) is 19.3 Å². The summed E-state index contributed by atoms with van der Waals surface area (Å²) in [4.78, 5) is 22.3. The lowest BCUT2D eigenvalue weighted by Gasteiger charge is -2.38. The molecule has 1 aliphatic carbocycles. The summed E-state index contributed by atoms with van der Waals surface area (Å²) in [5.74, 6) is -0.913. The number of hydrogen-bond acceptors (Lipinski definition) is 5. The first kappa shape index (κ1) is 14.2. The van der Waals surface area contributed by atoms with E-state index in [-0.39, 0.29) is 31.5 Å². The molecule has 0 radical (unpaired) electrons. The fourth-order valence-corrected chi connectivity index (χ4v) is 1.80. The molecule has 0 atom stereocenters. The van der Waals surface area contributed by atoms with Gasteiger partial charge in [0.05, 0.1) is 6.61 Å². The van der Waals surface area contributed by atoms with E-state index in [2.05, 4.69) is 10.5 Å². The average molecular weight is 258 g/mol. The maximum Gasteiger partial charge on any atom is 0.243 e. The number of carbonyl (C=O) groups is 2. The van der Waals surface area contributed by atoms with Crippen molar-refractivity contribution in [1.29, 1.82) is 0 Å². The molecule has 8 heteroatoms. The second kappa shape index (κ2) is 6.20. The molecule has 0 heterocycles. The molecule has 0 aromatic heterocycles. The summed E-state index contributed by atoms with van der Waals surface area (Å²) in [5, 5.41) is 14.2. The van der Waals surface area contributed by atoms with E-state index in [1.807, 2.05) is 0 Å². The molecule has 18 heavy (non-hydrogen) atoms. The van der Waals surface area contributed by atoms with Gasteiger partial charge in [-0.1, -0.05) is 11.6 Å². The van der Waals surface area contributed by atoms with Gasteiger partial charge in [0.15, 0.2) is 5.84 Å². The van der Waals surface area contributed by atoms with E-state index in [0.29, 0.717) is 12.8 Å². The number of nitrogens with zero attached hydrogens (tertiary/aromatic N) is 1. The topological polar surface area (TPSA) is 140 Å². The molecule has 8 nitrogen and oxygen atoms in total. The van der Waals surface area contributed by atoms with Crippen LogP contribution in [0, 0.1) is 5.41 Å². The number of oxime groups is 1. The van der Waals surface area contributed by atoms with Gasteiger partial charge in [-0.15, -0.1) is 0 Å². The maximum atomic E-state index is 11.9. The van der Waals surface area contributed by atoms with Gasteiger partial charge in [-0.2, -0.15) is 0 Å². The number of nitrogens with two attached hydrogens (primary N) is 2. The van der Waals surface area contributed by atoms with Crippen LogP contribution in [0.15, 0.2) is 5.16 Å². The third-order valence-electron chi connectivity index (χ3n) is 3.02. The number of amides is 2. The first-order valence-electron chi connectivity index (χ1n) is 5.65. The molecule has 1 rings (SSSR count). The van der Waals surface area contributed by atoms with Gasteiger partial charge in [-0.05, 0) is 12.8 Å². The Balaban J connectivity index is 2.34. The molecular weight excluding hydrogens is 240 g/mol. The van der Waals surface area contributed by atoms with Gasteiger partial charge in [0.1, 0.15) is 12.0 Å². The van der Waals surface area contributed by atoms with Crippen molar-refractivity contribution in [3.63, 3.8) is 0 Å². The fraction of sp³-hybridized carbons (Fsp3) is 0.700. The van der Waals surface area contributed by atoms with E-state index in [9.17, 15) is 9.59 Å². The predicted octanol–water partition coefficient (Wildman–Crippen LogP) is -1.48. The average Bonchev–Trinajstić information content (AvgIpc) is 2.26. The van der Waals surface area contributed by atoms with Crippen molar-refractivity contribution in [1.82, 2.24) is 5.32 Å². The molecule has 0 aliphatic heterocycles. The monoisotopic (exact) mass is 258 g/mol. The highest BCUT2D eigenvalue weighted by molar-refractivity contribution is 6.07. The Morgan fingerprint density at radius 2 is 2.06 bits per heavy atom. The molecule has 1 saturated carbocycles. The molecule has 6 N–H and O–H groups in total. The summed E-state index contributed by atoms with van der Waals surface area (Å²) in [6, 6.07) is 0. The van der Waals surface area contributed by atoms with E-state index >= 15 is 0 Å². The summed E-state index contributed by atoms with van der Waals surface area (Å²) < 4.78 is 4.90. The lowest BCUT2D eigenvalue weighted by atomic mass is 9.67. The van der Waals surface area contributed by atoms with Crippen LogP contribution in [0.25, 0.3) is 0 Å².